The first-order valence-corrected chi connectivity index (χ1v) is 11.6. The maximum absolute atomic E-state index is 12.7. The number of hydrogen-bond acceptors (Lipinski definition) is 5. The minimum absolute atomic E-state index is 0.0540. The Kier molecular flexibility index (Phi) is 6.74. The fourth-order valence-corrected chi connectivity index (χ4v) is 5.24. The van der Waals surface area contributed by atoms with Crippen LogP contribution in [-0.4, -0.2) is 49.3 Å². The van der Waals surface area contributed by atoms with Crippen LogP contribution in [0.4, 0.5) is 18.0 Å². The molecule has 9 heteroatoms. The van der Waals surface area contributed by atoms with E-state index in [4.69, 9.17) is 18.9 Å². The number of nitrogens with one attached hydrogen (secondary N) is 1. The van der Waals surface area contributed by atoms with Gasteiger partial charge in [-0.3, -0.25) is 0 Å². The molecular weight excluding hydrogens is 451 g/mol. The van der Waals surface area contributed by atoms with Crippen molar-refractivity contribution < 1.29 is 36.9 Å². The predicted molar refractivity (Wildman–Crippen MR) is 118 cm³/mol. The smallest absolute Gasteiger partial charge is 0.416 e. The van der Waals surface area contributed by atoms with E-state index in [0.717, 1.165) is 25.0 Å². The van der Waals surface area contributed by atoms with Gasteiger partial charge in [-0.05, 0) is 57.7 Å². The summed E-state index contributed by atoms with van der Waals surface area (Å²) >= 11 is 0. The fraction of sp³-hybridized carbons (Fsp3) is 0.640. The van der Waals surface area contributed by atoms with Crippen LogP contribution in [0.5, 0.6) is 0 Å². The second-order valence-corrected chi connectivity index (χ2v) is 9.87. The lowest BCUT2D eigenvalue weighted by molar-refractivity contribution is -0.137. The van der Waals surface area contributed by atoms with Gasteiger partial charge in [-0.1, -0.05) is 23.8 Å². The van der Waals surface area contributed by atoms with Crippen LogP contribution in [0.1, 0.15) is 51.2 Å². The zero-order valence-electron chi connectivity index (χ0n) is 19.9. The van der Waals surface area contributed by atoms with Crippen molar-refractivity contribution in [3.05, 3.63) is 47.0 Å². The molecule has 3 aliphatic rings. The molecule has 4 rings (SSSR count). The highest BCUT2D eigenvalue weighted by Crippen LogP contribution is 2.59. The molecule has 2 saturated heterocycles. The lowest BCUT2D eigenvalue weighted by Crippen LogP contribution is -2.56. The maximum atomic E-state index is 12.7. The Balaban J connectivity index is 1.37. The van der Waals surface area contributed by atoms with Crippen LogP contribution in [-0.2, 0) is 31.7 Å². The number of epoxide rings is 2. The van der Waals surface area contributed by atoms with Gasteiger partial charge < -0.3 is 24.3 Å². The number of halogens is 3. The lowest BCUT2D eigenvalue weighted by Gasteiger charge is -2.42. The van der Waals surface area contributed by atoms with Gasteiger partial charge in [0.05, 0.1) is 24.2 Å². The van der Waals surface area contributed by atoms with Crippen molar-refractivity contribution in [2.75, 3.05) is 13.7 Å². The Hall–Kier alpha value is -2.10. The highest BCUT2D eigenvalue weighted by Gasteiger charge is 2.72. The van der Waals surface area contributed by atoms with Gasteiger partial charge in [-0.2, -0.15) is 13.2 Å². The number of ether oxygens (including phenoxy) is 4. The van der Waals surface area contributed by atoms with Gasteiger partial charge in [-0.15, -0.1) is 0 Å². The molecule has 0 bridgehead atoms. The molecule has 3 fully saturated rings. The van der Waals surface area contributed by atoms with E-state index in [9.17, 15) is 18.0 Å². The summed E-state index contributed by atoms with van der Waals surface area (Å²) in [5.74, 6) is -0.0815. The fourth-order valence-electron chi connectivity index (χ4n) is 5.24. The first-order valence-electron chi connectivity index (χ1n) is 11.6. The van der Waals surface area contributed by atoms with Crippen LogP contribution in [0.3, 0.4) is 0 Å². The van der Waals surface area contributed by atoms with Crippen LogP contribution < -0.4 is 5.32 Å². The number of amides is 1. The van der Waals surface area contributed by atoms with E-state index < -0.39 is 35.6 Å². The highest BCUT2D eigenvalue weighted by molar-refractivity contribution is 5.67. The van der Waals surface area contributed by atoms with Crippen LogP contribution in [0.25, 0.3) is 0 Å². The Labute approximate surface area is 197 Å². The summed E-state index contributed by atoms with van der Waals surface area (Å²) in [6, 6.07) is 4.66. The van der Waals surface area contributed by atoms with Crippen LogP contribution in [0.15, 0.2) is 35.9 Å². The standard InChI is InChI=1S/C25H32F3NO5/c1-15(2)5-10-19-23(3,34-19)21-20(31-4)18(11-12-24(21)14-32-24)33-22(30)29-13-16-6-8-17(9-7-16)25(26,27)28/h5-9,18-21H,10-14H2,1-4H3,(H,29,30)/t18-,19-,20-,21-,23+,24+/m1/s1. The number of carbonyl (C=O) groups is 1. The van der Waals surface area contributed by atoms with Gasteiger partial charge in [0.15, 0.2) is 0 Å². The molecule has 1 aromatic rings. The minimum atomic E-state index is -4.40. The largest absolute Gasteiger partial charge is 0.443 e. The van der Waals surface area contributed by atoms with Gasteiger partial charge in [0.1, 0.15) is 23.4 Å². The van der Waals surface area contributed by atoms with Crippen molar-refractivity contribution in [1.29, 1.82) is 0 Å². The summed E-state index contributed by atoms with van der Waals surface area (Å²) in [5.41, 5.74) is 0.298. The third kappa shape index (κ3) is 5.11. The van der Waals surface area contributed by atoms with Gasteiger partial charge in [0.2, 0.25) is 0 Å². The SMILES string of the molecule is CO[C@@H]1[C@H](OC(=O)NCc2ccc(C(F)(F)F)cc2)CC[C@]2(CO2)[C@H]1[C@@]1(C)O[C@@H]1CC=C(C)C. The third-order valence-electron chi connectivity index (χ3n) is 7.21. The number of alkyl halides is 3. The molecule has 1 spiro atoms. The molecule has 0 radical (unpaired) electrons. The summed E-state index contributed by atoms with van der Waals surface area (Å²) in [6.45, 7) is 6.87. The van der Waals surface area contributed by atoms with Crippen molar-refractivity contribution >= 4 is 6.09 Å². The second kappa shape index (κ2) is 9.17. The summed E-state index contributed by atoms with van der Waals surface area (Å²) in [4.78, 5) is 12.5. The molecule has 2 heterocycles. The topological polar surface area (TPSA) is 72.6 Å². The first-order chi connectivity index (χ1) is 16.0. The highest BCUT2D eigenvalue weighted by atomic mass is 19.4. The molecule has 2 aliphatic heterocycles. The zero-order chi connectivity index (χ0) is 24.7. The Morgan fingerprint density at radius 1 is 1.26 bits per heavy atom. The summed E-state index contributed by atoms with van der Waals surface area (Å²) in [6.07, 6.45) is -1.56. The van der Waals surface area contributed by atoms with Crippen molar-refractivity contribution in [2.24, 2.45) is 5.92 Å². The van der Waals surface area contributed by atoms with E-state index in [1.807, 2.05) is 0 Å². The molecular formula is C25H32F3NO5. The molecule has 0 unspecified atom stereocenters. The van der Waals surface area contributed by atoms with E-state index in [1.54, 1.807) is 7.11 Å². The van der Waals surface area contributed by atoms with Gasteiger partial charge in [-0.25, -0.2) is 4.79 Å². The number of benzene rings is 1. The molecule has 1 N–H and O–H groups in total. The monoisotopic (exact) mass is 483 g/mol. The van der Waals surface area contributed by atoms with E-state index in [0.29, 0.717) is 18.6 Å². The van der Waals surface area contributed by atoms with Gasteiger partial charge in [0.25, 0.3) is 0 Å². The Morgan fingerprint density at radius 3 is 2.50 bits per heavy atom. The number of hydrogen-bond donors (Lipinski definition) is 1. The molecule has 1 aromatic carbocycles. The maximum Gasteiger partial charge on any atom is 0.416 e. The Bertz CT molecular complexity index is 923. The molecule has 6 nitrogen and oxygen atoms in total. The predicted octanol–water partition coefficient (Wildman–Crippen LogP) is 5.01. The number of alkyl carbamates (subject to hydrolysis) is 1. The lowest BCUT2D eigenvalue weighted by atomic mass is 9.68. The average molecular weight is 484 g/mol. The van der Waals surface area contributed by atoms with E-state index in [-0.39, 0.29) is 24.2 Å². The molecule has 0 aromatic heterocycles. The summed E-state index contributed by atoms with van der Waals surface area (Å²) in [7, 11) is 1.60. The number of allylic oxidation sites excluding steroid dienone is 1. The zero-order valence-corrected chi connectivity index (χ0v) is 19.9. The molecule has 6 atom stereocenters. The van der Waals surface area contributed by atoms with Gasteiger partial charge >= 0.3 is 12.3 Å². The summed E-state index contributed by atoms with van der Waals surface area (Å²) in [5, 5.41) is 2.63. The summed E-state index contributed by atoms with van der Waals surface area (Å²) < 4.78 is 61.8. The van der Waals surface area contributed by atoms with Crippen LogP contribution in [0, 0.1) is 5.92 Å². The Morgan fingerprint density at radius 2 is 1.94 bits per heavy atom. The normalized spacial score (nSPS) is 34.4. The minimum Gasteiger partial charge on any atom is -0.443 e. The average Bonchev–Trinajstić information content (AvgIpc) is 3.69. The van der Waals surface area contributed by atoms with E-state index in [2.05, 4.69) is 32.2 Å². The van der Waals surface area contributed by atoms with E-state index in [1.165, 1.54) is 17.7 Å². The van der Waals surface area contributed by atoms with Crippen molar-refractivity contribution in [1.82, 2.24) is 5.32 Å². The number of rotatable bonds is 7. The molecule has 34 heavy (non-hydrogen) atoms. The second-order valence-electron chi connectivity index (χ2n) is 9.87. The van der Waals surface area contributed by atoms with Crippen molar-refractivity contribution in [3.63, 3.8) is 0 Å². The molecule has 1 aliphatic carbocycles. The number of methoxy groups -OCH3 is 1. The first kappa shape index (κ1) is 25.0. The van der Waals surface area contributed by atoms with Gasteiger partial charge in [0, 0.05) is 13.7 Å². The van der Waals surface area contributed by atoms with Crippen LogP contribution >= 0.6 is 0 Å². The van der Waals surface area contributed by atoms with Crippen molar-refractivity contribution in [3.8, 4) is 0 Å². The van der Waals surface area contributed by atoms with Crippen molar-refractivity contribution in [2.45, 2.75) is 82.3 Å². The van der Waals surface area contributed by atoms with Crippen LogP contribution in [0.2, 0.25) is 0 Å². The molecule has 1 amide bonds. The number of carbonyl (C=O) groups excluding carboxylic acids is 1. The molecule has 188 valence electrons. The quantitative estimate of drug-likeness (QED) is 0.436. The third-order valence-corrected chi connectivity index (χ3v) is 7.21. The van der Waals surface area contributed by atoms with E-state index >= 15 is 0 Å². The molecule has 1 saturated carbocycles.